The van der Waals surface area contributed by atoms with Gasteiger partial charge in [0.2, 0.25) is 0 Å². The Kier molecular flexibility index (Phi) is 6.35. The third-order valence-electron chi connectivity index (χ3n) is 7.44. The fourth-order valence-electron chi connectivity index (χ4n) is 5.53. The topological polar surface area (TPSA) is 50.3 Å². The van der Waals surface area contributed by atoms with Crippen LogP contribution >= 0.6 is 0 Å². The number of benzene rings is 2. The SMILES string of the molecule is Cc1cccc([C@H](C)Nc2nc(C)nc3c(C)cc(C4CCN(C5CCOC5)CC4)cc23)c1. The maximum Gasteiger partial charge on any atom is 0.138 e. The van der Waals surface area contributed by atoms with E-state index in [9.17, 15) is 0 Å². The average Bonchev–Trinajstić information content (AvgIpc) is 3.35. The molecule has 33 heavy (non-hydrogen) atoms. The van der Waals surface area contributed by atoms with Crippen LogP contribution in [-0.2, 0) is 4.74 Å². The van der Waals surface area contributed by atoms with Crippen LogP contribution in [0, 0.1) is 20.8 Å². The summed E-state index contributed by atoms with van der Waals surface area (Å²) in [7, 11) is 0. The average molecular weight is 445 g/mol. The van der Waals surface area contributed by atoms with Gasteiger partial charge in [0.25, 0.3) is 0 Å². The minimum Gasteiger partial charge on any atom is -0.380 e. The fraction of sp³-hybridized carbons (Fsp3) is 0.500. The summed E-state index contributed by atoms with van der Waals surface area (Å²) in [4.78, 5) is 12.3. The standard InChI is InChI=1S/C28H36N4O/c1-18-6-5-7-23(14-18)20(3)29-28-26-16-24(15-19(2)27(26)30-21(4)31-28)22-8-11-32(12-9-22)25-10-13-33-17-25/h5-7,14-16,20,22,25H,8-13,17H2,1-4H3,(H,29,30,31)/t20-,25?/m0/s1. The Morgan fingerprint density at radius 1 is 1.03 bits per heavy atom. The van der Waals surface area contributed by atoms with E-state index in [0.29, 0.717) is 12.0 Å². The van der Waals surface area contributed by atoms with Gasteiger partial charge in [0, 0.05) is 24.1 Å². The molecule has 0 aliphatic carbocycles. The molecule has 2 atom stereocenters. The van der Waals surface area contributed by atoms with Crippen molar-refractivity contribution in [1.82, 2.24) is 14.9 Å². The molecule has 3 heterocycles. The highest BCUT2D eigenvalue weighted by Gasteiger charge is 2.28. The molecular formula is C28H36N4O. The van der Waals surface area contributed by atoms with Crippen molar-refractivity contribution >= 4 is 16.7 Å². The summed E-state index contributed by atoms with van der Waals surface area (Å²) in [6.07, 6.45) is 3.60. The molecule has 5 nitrogen and oxygen atoms in total. The first-order chi connectivity index (χ1) is 16.0. The number of aryl methyl sites for hydroxylation is 3. The van der Waals surface area contributed by atoms with Gasteiger partial charge in [-0.15, -0.1) is 0 Å². The molecule has 5 rings (SSSR count). The van der Waals surface area contributed by atoms with E-state index in [1.165, 1.54) is 41.5 Å². The van der Waals surface area contributed by atoms with Crippen LogP contribution in [0.1, 0.15) is 66.2 Å². The number of hydrogen-bond donors (Lipinski definition) is 1. The highest BCUT2D eigenvalue weighted by molar-refractivity contribution is 5.92. The van der Waals surface area contributed by atoms with E-state index < -0.39 is 0 Å². The van der Waals surface area contributed by atoms with Gasteiger partial charge in [0.15, 0.2) is 0 Å². The number of nitrogens with zero attached hydrogens (tertiary/aromatic N) is 3. The van der Waals surface area contributed by atoms with Crippen molar-refractivity contribution < 1.29 is 4.74 Å². The maximum atomic E-state index is 5.62. The summed E-state index contributed by atoms with van der Waals surface area (Å²) in [5.74, 6) is 2.34. The Morgan fingerprint density at radius 3 is 2.58 bits per heavy atom. The molecule has 1 N–H and O–H groups in total. The lowest BCUT2D eigenvalue weighted by atomic mass is 9.87. The monoisotopic (exact) mass is 444 g/mol. The van der Waals surface area contributed by atoms with Crippen LogP contribution in [0.5, 0.6) is 0 Å². The molecule has 2 aliphatic heterocycles. The van der Waals surface area contributed by atoms with Crippen molar-refractivity contribution in [3.63, 3.8) is 0 Å². The van der Waals surface area contributed by atoms with Crippen molar-refractivity contribution in [3.8, 4) is 0 Å². The van der Waals surface area contributed by atoms with E-state index in [-0.39, 0.29) is 6.04 Å². The second-order valence-electron chi connectivity index (χ2n) is 9.96. The third-order valence-corrected chi connectivity index (χ3v) is 7.44. The minimum absolute atomic E-state index is 0.170. The molecule has 5 heteroatoms. The van der Waals surface area contributed by atoms with Crippen molar-refractivity contribution in [2.24, 2.45) is 0 Å². The Bertz CT molecular complexity index is 1130. The lowest BCUT2D eigenvalue weighted by molar-refractivity contribution is 0.122. The second-order valence-corrected chi connectivity index (χ2v) is 9.96. The van der Waals surface area contributed by atoms with Crippen LogP contribution in [0.15, 0.2) is 36.4 Å². The Hall–Kier alpha value is -2.50. The summed E-state index contributed by atoms with van der Waals surface area (Å²) in [6, 6.07) is 14.2. The smallest absolute Gasteiger partial charge is 0.138 e. The van der Waals surface area contributed by atoms with Crippen LogP contribution in [0.25, 0.3) is 10.9 Å². The molecule has 0 bridgehead atoms. The normalized spacial score (nSPS) is 20.9. The van der Waals surface area contributed by atoms with Gasteiger partial charge >= 0.3 is 0 Å². The van der Waals surface area contributed by atoms with Gasteiger partial charge in [-0.3, -0.25) is 4.90 Å². The largest absolute Gasteiger partial charge is 0.380 e. The van der Waals surface area contributed by atoms with Gasteiger partial charge < -0.3 is 10.1 Å². The lowest BCUT2D eigenvalue weighted by Gasteiger charge is -2.35. The molecule has 2 saturated heterocycles. The molecule has 0 spiro atoms. The first-order valence-electron chi connectivity index (χ1n) is 12.4. The van der Waals surface area contributed by atoms with Gasteiger partial charge in [-0.05, 0) is 88.7 Å². The zero-order valence-corrected chi connectivity index (χ0v) is 20.4. The third kappa shape index (κ3) is 4.75. The number of rotatable bonds is 5. The Balaban J connectivity index is 1.42. The predicted molar refractivity (Wildman–Crippen MR) is 135 cm³/mol. The highest BCUT2D eigenvalue weighted by atomic mass is 16.5. The molecule has 3 aromatic rings. The molecule has 2 aliphatic rings. The van der Waals surface area contributed by atoms with Crippen LogP contribution in [0.4, 0.5) is 5.82 Å². The number of nitrogens with one attached hydrogen (secondary N) is 1. The second kappa shape index (κ2) is 9.40. The van der Waals surface area contributed by atoms with E-state index in [1.54, 1.807) is 0 Å². The quantitative estimate of drug-likeness (QED) is 0.547. The Labute approximate surface area is 197 Å². The van der Waals surface area contributed by atoms with E-state index in [2.05, 4.69) is 67.4 Å². The van der Waals surface area contributed by atoms with Gasteiger partial charge in [-0.25, -0.2) is 9.97 Å². The number of ether oxygens (including phenoxy) is 1. The first kappa shape index (κ1) is 22.3. The molecule has 0 saturated carbocycles. The number of hydrogen-bond acceptors (Lipinski definition) is 5. The van der Waals surface area contributed by atoms with E-state index in [4.69, 9.17) is 14.7 Å². The molecular weight excluding hydrogens is 408 g/mol. The summed E-state index contributed by atoms with van der Waals surface area (Å²) in [5, 5.41) is 4.84. The van der Waals surface area contributed by atoms with E-state index in [1.807, 2.05) is 6.92 Å². The van der Waals surface area contributed by atoms with Gasteiger partial charge in [0.1, 0.15) is 11.6 Å². The number of anilines is 1. The summed E-state index contributed by atoms with van der Waals surface area (Å²) < 4.78 is 5.62. The van der Waals surface area contributed by atoms with Gasteiger partial charge in [-0.2, -0.15) is 0 Å². The molecule has 1 unspecified atom stereocenters. The lowest BCUT2D eigenvalue weighted by Crippen LogP contribution is -2.41. The summed E-state index contributed by atoms with van der Waals surface area (Å²) >= 11 is 0. The molecule has 2 fully saturated rings. The number of piperidine rings is 1. The minimum atomic E-state index is 0.170. The molecule has 2 aromatic carbocycles. The number of fused-ring (bicyclic) bond motifs is 1. The highest BCUT2D eigenvalue weighted by Crippen LogP contribution is 2.35. The van der Waals surface area contributed by atoms with Crippen LogP contribution in [0.3, 0.4) is 0 Å². The number of aromatic nitrogens is 2. The van der Waals surface area contributed by atoms with Crippen LogP contribution < -0.4 is 5.32 Å². The van der Waals surface area contributed by atoms with Crippen molar-refractivity contribution in [1.29, 1.82) is 0 Å². The summed E-state index contributed by atoms with van der Waals surface area (Å²) in [6.45, 7) is 12.7. The zero-order valence-electron chi connectivity index (χ0n) is 20.4. The summed E-state index contributed by atoms with van der Waals surface area (Å²) in [5.41, 5.74) is 6.28. The van der Waals surface area contributed by atoms with Crippen LogP contribution in [-0.4, -0.2) is 47.2 Å². The van der Waals surface area contributed by atoms with E-state index >= 15 is 0 Å². The van der Waals surface area contributed by atoms with Gasteiger partial charge in [-0.1, -0.05) is 35.9 Å². The van der Waals surface area contributed by atoms with E-state index in [0.717, 1.165) is 48.8 Å². The zero-order chi connectivity index (χ0) is 22.9. The molecule has 0 amide bonds. The Morgan fingerprint density at radius 2 is 1.85 bits per heavy atom. The molecule has 174 valence electrons. The molecule has 1 aromatic heterocycles. The van der Waals surface area contributed by atoms with Crippen molar-refractivity contribution in [3.05, 3.63) is 64.5 Å². The predicted octanol–water partition coefficient (Wildman–Crippen LogP) is 5.70. The number of likely N-dealkylation sites (tertiary alicyclic amines) is 1. The fourth-order valence-corrected chi connectivity index (χ4v) is 5.53. The van der Waals surface area contributed by atoms with Crippen LogP contribution in [0.2, 0.25) is 0 Å². The van der Waals surface area contributed by atoms with Crippen molar-refractivity contribution in [2.45, 2.75) is 65.0 Å². The molecule has 0 radical (unpaired) electrons. The van der Waals surface area contributed by atoms with Gasteiger partial charge in [0.05, 0.1) is 12.1 Å². The maximum absolute atomic E-state index is 5.62. The first-order valence-corrected chi connectivity index (χ1v) is 12.4. The van der Waals surface area contributed by atoms with Crippen molar-refractivity contribution in [2.75, 3.05) is 31.6 Å².